The molecule has 1 rings (SSSR count). The molecule has 3 nitrogen and oxygen atoms in total. The number of amides is 2. The topological polar surface area (TPSA) is 32.3 Å². The Morgan fingerprint density at radius 1 is 1.29 bits per heavy atom. The van der Waals surface area contributed by atoms with E-state index in [9.17, 15) is 4.79 Å². The van der Waals surface area contributed by atoms with Crippen molar-refractivity contribution in [1.29, 1.82) is 0 Å². The highest BCUT2D eigenvalue weighted by molar-refractivity contribution is 5.73. The molecule has 0 aromatic carbocycles. The molecule has 1 aliphatic carbocycles. The first kappa shape index (κ1) is 11.3. The first-order valence-corrected chi connectivity index (χ1v) is 5.50. The van der Waals surface area contributed by atoms with E-state index in [4.69, 9.17) is 0 Å². The summed E-state index contributed by atoms with van der Waals surface area (Å²) in [5.74, 6) is 1.34. The average Bonchev–Trinajstić information content (AvgIpc) is 2.12. The van der Waals surface area contributed by atoms with Gasteiger partial charge in [0.15, 0.2) is 0 Å². The SMILES string of the molecule is CC1CCCC(NC(=O)N(C)C)C1C. The largest absolute Gasteiger partial charge is 0.335 e. The van der Waals surface area contributed by atoms with Gasteiger partial charge < -0.3 is 10.2 Å². The van der Waals surface area contributed by atoms with Crippen molar-refractivity contribution in [3.05, 3.63) is 0 Å². The molecular weight excluding hydrogens is 176 g/mol. The molecule has 1 aliphatic rings. The summed E-state index contributed by atoms with van der Waals surface area (Å²) in [6.07, 6.45) is 3.67. The first-order valence-electron chi connectivity index (χ1n) is 5.50. The maximum absolute atomic E-state index is 11.5. The van der Waals surface area contributed by atoms with Crippen LogP contribution in [-0.2, 0) is 0 Å². The Kier molecular flexibility index (Phi) is 3.78. The minimum atomic E-state index is 0.0379. The zero-order valence-electron chi connectivity index (χ0n) is 9.71. The van der Waals surface area contributed by atoms with E-state index < -0.39 is 0 Å². The van der Waals surface area contributed by atoms with Gasteiger partial charge in [0.2, 0.25) is 0 Å². The molecule has 14 heavy (non-hydrogen) atoms. The van der Waals surface area contributed by atoms with Gasteiger partial charge in [0.05, 0.1) is 0 Å². The Morgan fingerprint density at radius 2 is 1.93 bits per heavy atom. The molecule has 1 saturated carbocycles. The van der Waals surface area contributed by atoms with Crippen LogP contribution in [0.15, 0.2) is 0 Å². The summed E-state index contributed by atoms with van der Waals surface area (Å²) in [6, 6.07) is 0.407. The standard InChI is InChI=1S/C11H22N2O/c1-8-6-5-7-10(9(8)2)12-11(14)13(3)4/h8-10H,5-7H2,1-4H3,(H,12,14). The molecule has 0 heterocycles. The quantitative estimate of drug-likeness (QED) is 0.687. The lowest BCUT2D eigenvalue weighted by atomic mass is 9.78. The molecule has 1 N–H and O–H groups in total. The predicted octanol–water partition coefficient (Wildman–Crippen LogP) is 2.08. The number of hydrogen-bond acceptors (Lipinski definition) is 1. The summed E-state index contributed by atoms with van der Waals surface area (Å²) < 4.78 is 0. The Morgan fingerprint density at radius 3 is 2.50 bits per heavy atom. The summed E-state index contributed by atoms with van der Waals surface area (Å²) in [6.45, 7) is 4.52. The summed E-state index contributed by atoms with van der Waals surface area (Å²) >= 11 is 0. The van der Waals surface area contributed by atoms with Crippen molar-refractivity contribution < 1.29 is 4.79 Å². The van der Waals surface area contributed by atoms with Crippen LogP contribution in [-0.4, -0.2) is 31.1 Å². The molecule has 0 aromatic rings. The Labute approximate surface area is 86.9 Å². The van der Waals surface area contributed by atoms with E-state index >= 15 is 0 Å². The number of urea groups is 1. The van der Waals surface area contributed by atoms with E-state index in [-0.39, 0.29) is 6.03 Å². The monoisotopic (exact) mass is 198 g/mol. The van der Waals surface area contributed by atoms with Gasteiger partial charge in [-0.15, -0.1) is 0 Å². The fraction of sp³-hybridized carbons (Fsp3) is 0.909. The molecule has 82 valence electrons. The lowest BCUT2D eigenvalue weighted by molar-refractivity contribution is 0.180. The van der Waals surface area contributed by atoms with Gasteiger partial charge in [-0.25, -0.2) is 4.79 Å². The molecule has 3 heteroatoms. The zero-order valence-corrected chi connectivity index (χ0v) is 9.71. The number of rotatable bonds is 1. The smallest absolute Gasteiger partial charge is 0.317 e. The Hall–Kier alpha value is -0.730. The molecule has 3 atom stereocenters. The second kappa shape index (κ2) is 4.67. The highest BCUT2D eigenvalue weighted by atomic mass is 16.2. The third kappa shape index (κ3) is 2.63. The summed E-state index contributed by atoms with van der Waals surface area (Å²) in [7, 11) is 3.57. The second-order valence-corrected chi connectivity index (χ2v) is 4.72. The third-order valence-corrected chi connectivity index (χ3v) is 3.42. The molecule has 0 aliphatic heterocycles. The third-order valence-electron chi connectivity index (χ3n) is 3.42. The van der Waals surface area contributed by atoms with Gasteiger partial charge in [-0.05, 0) is 18.3 Å². The van der Waals surface area contributed by atoms with Gasteiger partial charge in [-0.3, -0.25) is 0 Å². The Bertz CT molecular complexity index is 203. The van der Waals surface area contributed by atoms with Crippen LogP contribution >= 0.6 is 0 Å². The van der Waals surface area contributed by atoms with Gasteiger partial charge in [0.1, 0.15) is 0 Å². The lowest BCUT2D eigenvalue weighted by Gasteiger charge is -2.35. The molecule has 3 unspecified atom stereocenters. The van der Waals surface area contributed by atoms with Crippen LogP contribution in [0.3, 0.4) is 0 Å². The minimum Gasteiger partial charge on any atom is -0.335 e. The van der Waals surface area contributed by atoms with Crippen molar-refractivity contribution in [2.24, 2.45) is 11.8 Å². The van der Waals surface area contributed by atoms with Crippen LogP contribution < -0.4 is 5.32 Å². The number of hydrogen-bond donors (Lipinski definition) is 1. The van der Waals surface area contributed by atoms with Crippen molar-refractivity contribution in [2.45, 2.75) is 39.2 Å². The van der Waals surface area contributed by atoms with E-state index in [1.54, 1.807) is 19.0 Å². The van der Waals surface area contributed by atoms with Crippen LogP contribution in [0.2, 0.25) is 0 Å². The predicted molar refractivity (Wildman–Crippen MR) is 58.2 cm³/mol. The van der Waals surface area contributed by atoms with Crippen LogP contribution in [0.25, 0.3) is 0 Å². The summed E-state index contributed by atoms with van der Waals surface area (Å²) in [4.78, 5) is 13.1. The first-order chi connectivity index (χ1) is 6.52. The van der Waals surface area contributed by atoms with Crippen LogP contribution in [0.5, 0.6) is 0 Å². The molecule has 0 bridgehead atoms. The van der Waals surface area contributed by atoms with Crippen LogP contribution in [0, 0.1) is 11.8 Å². The molecule has 0 saturated heterocycles. The van der Waals surface area contributed by atoms with E-state index in [1.165, 1.54) is 12.8 Å². The zero-order chi connectivity index (χ0) is 10.7. The normalized spacial score (nSPS) is 32.4. The number of carbonyl (C=O) groups excluding carboxylic acids is 1. The van der Waals surface area contributed by atoms with Gasteiger partial charge in [-0.2, -0.15) is 0 Å². The number of nitrogens with one attached hydrogen (secondary N) is 1. The molecular formula is C11H22N2O. The summed E-state index contributed by atoms with van der Waals surface area (Å²) in [5.41, 5.74) is 0. The average molecular weight is 198 g/mol. The fourth-order valence-corrected chi connectivity index (χ4v) is 2.07. The number of nitrogens with zero attached hydrogens (tertiary/aromatic N) is 1. The van der Waals surface area contributed by atoms with E-state index in [1.807, 2.05) is 0 Å². The van der Waals surface area contributed by atoms with Gasteiger partial charge in [-0.1, -0.05) is 26.7 Å². The van der Waals surface area contributed by atoms with Gasteiger partial charge >= 0.3 is 6.03 Å². The lowest BCUT2D eigenvalue weighted by Crippen LogP contribution is -2.47. The summed E-state index contributed by atoms with van der Waals surface area (Å²) in [5, 5.41) is 3.09. The van der Waals surface area contributed by atoms with Gasteiger partial charge in [0.25, 0.3) is 0 Å². The number of carbonyl (C=O) groups is 1. The molecule has 0 aromatic heterocycles. The highest BCUT2D eigenvalue weighted by Crippen LogP contribution is 2.29. The van der Waals surface area contributed by atoms with Crippen molar-refractivity contribution in [2.75, 3.05) is 14.1 Å². The fourth-order valence-electron chi connectivity index (χ4n) is 2.07. The Balaban J connectivity index is 2.47. The van der Waals surface area contributed by atoms with E-state index in [0.29, 0.717) is 12.0 Å². The second-order valence-electron chi connectivity index (χ2n) is 4.72. The molecule has 0 radical (unpaired) electrons. The molecule has 0 spiro atoms. The highest BCUT2D eigenvalue weighted by Gasteiger charge is 2.28. The van der Waals surface area contributed by atoms with E-state index in [2.05, 4.69) is 19.2 Å². The maximum atomic E-state index is 11.5. The van der Waals surface area contributed by atoms with Crippen molar-refractivity contribution >= 4 is 6.03 Å². The van der Waals surface area contributed by atoms with Crippen LogP contribution in [0.4, 0.5) is 4.79 Å². The van der Waals surface area contributed by atoms with Gasteiger partial charge in [0, 0.05) is 20.1 Å². The van der Waals surface area contributed by atoms with Crippen LogP contribution in [0.1, 0.15) is 33.1 Å². The van der Waals surface area contributed by atoms with Crippen molar-refractivity contribution in [1.82, 2.24) is 10.2 Å². The maximum Gasteiger partial charge on any atom is 0.317 e. The molecule has 2 amide bonds. The molecule has 1 fully saturated rings. The van der Waals surface area contributed by atoms with Crippen molar-refractivity contribution in [3.8, 4) is 0 Å². The minimum absolute atomic E-state index is 0.0379. The van der Waals surface area contributed by atoms with Crippen molar-refractivity contribution in [3.63, 3.8) is 0 Å². The van der Waals surface area contributed by atoms with E-state index in [0.717, 1.165) is 12.3 Å².